The Labute approximate surface area is 129 Å². The van der Waals surface area contributed by atoms with Crippen LogP contribution in [0.3, 0.4) is 0 Å². The summed E-state index contributed by atoms with van der Waals surface area (Å²) in [5.41, 5.74) is 5.27. The van der Waals surface area contributed by atoms with Crippen molar-refractivity contribution >= 4 is 0 Å². The Morgan fingerprint density at radius 2 is 1.43 bits per heavy atom. The van der Waals surface area contributed by atoms with Gasteiger partial charge in [0.25, 0.3) is 0 Å². The molecule has 2 aromatic carbocycles. The molecule has 0 aromatic heterocycles. The summed E-state index contributed by atoms with van der Waals surface area (Å²) in [4.78, 5) is 0. The molecule has 2 aromatic rings. The van der Waals surface area contributed by atoms with Gasteiger partial charge >= 0.3 is 0 Å². The molecule has 0 bridgehead atoms. The van der Waals surface area contributed by atoms with E-state index in [1.807, 2.05) is 0 Å². The highest BCUT2D eigenvalue weighted by atomic mass is 35.5. The Balaban J connectivity index is 0.00000220. The zero-order chi connectivity index (χ0) is 14.5. The second-order valence-electron chi connectivity index (χ2n) is 4.82. The molecular formula is C16H18ClF2NO. The smallest absolute Gasteiger partial charge is 0.123 e. The van der Waals surface area contributed by atoms with Crippen LogP contribution in [0.25, 0.3) is 0 Å². The second-order valence-corrected chi connectivity index (χ2v) is 4.82. The van der Waals surface area contributed by atoms with E-state index < -0.39 is 0 Å². The average Bonchev–Trinajstić information content (AvgIpc) is 2.44. The van der Waals surface area contributed by atoms with Gasteiger partial charge < -0.3 is 23.2 Å². The molecule has 0 spiro atoms. The number of benzene rings is 2. The van der Waals surface area contributed by atoms with Crippen LogP contribution in [-0.2, 0) is 0 Å². The summed E-state index contributed by atoms with van der Waals surface area (Å²) < 4.78 is 26.9. The van der Waals surface area contributed by atoms with Gasteiger partial charge in [0, 0.05) is 11.8 Å². The third-order valence-electron chi connectivity index (χ3n) is 3.49. The van der Waals surface area contributed by atoms with Crippen LogP contribution in [0.4, 0.5) is 8.78 Å². The molecule has 0 aliphatic rings. The van der Waals surface area contributed by atoms with Crippen LogP contribution in [0.5, 0.6) is 0 Å². The minimum Gasteiger partial charge on any atom is -1.00 e. The van der Waals surface area contributed by atoms with E-state index in [1.54, 1.807) is 24.3 Å². The van der Waals surface area contributed by atoms with Crippen LogP contribution in [-0.4, -0.2) is 18.3 Å². The highest BCUT2D eigenvalue weighted by Crippen LogP contribution is 2.32. The van der Waals surface area contributed by atoms with Crippen molar-refractivity contribution < 1.29 is 32.0 Å². The van der Waals surface area contributed by atoms with Gasteiger partial charge in [0.1, 0.15) is 11.6 Å². The largest absolute Gasteiger partial charge is 1.00 e. The van der Waals surface area contributed by atoms with Crippen molar-refractivity contribution in [3.05, 3.63) is 71.3 Å². The van der Waals surface area contributed by atoms with E-state index in [0.29, 0.717) is 6.54 Å². The van der Waals surface area contributed by atoms with Crippen LogP contribution >= 0.6 is 0 Å². The molecule has 0 heterocycles. The van der Waals surface area contributed by atoms with Crippen molar-refractivity contribution in [1.82, 2.24) is 0 Å². The third-order valence-corrected chi connectivity index (χ3v) is 3.49. The maximum Gasteiger partial charge on any atom is 0.123 e. The summed E-state index contributed by atoms with van der Waals surface area (Å²) in [5, 5.41) is 9.53. The zero-order valence-corrected chi connectivity index (χ0v) is 12.2. The lowest BCUT2D eigenvalue weighted by Gasteiger charge is -2.24. The fraction of sp³-hybridized carbons (Fsp3) is 0.250. The highest BCUT2D eigenvalue weighted by Gasteiger charge is 2.25. The molecule has 2 rings (SSSR count). The van der Waals surface area contributed by atoms with Crippen LogP contribution in [0.15, 0.2) is 48.5 Å². The molecule has 21 heavy (non-hydrogen) atoms. The first-order valence-electron chi connectivity index (χ1n) is 6.56. The summed E-state index contributed by atoms with van der Waals surface area (Å²) in [6.07, 6.45) is 0. The first-order valence-corrected chi connectivity index (χ1v) is 6.56. The van der Waals surface area contributed by atoms with Crippen molar-refractivity contribution in [1.29, 1.82) is 0 Å². The van der Waals surface area contributed by atoms with Gasteiger partial charge in [-0.25, -0.2) is 8.78 Å². The van der Waals surface area contributed by atoms with Gasteiger partial charge in [-0.3, -0.25) is 0 Å². The molecule has 0 aliphatic carbocycles. The number of halogens is 3. The maximum absolute atomic E-state index is 13.4. The highest BCUT2D eigenvalue weighted by molar-refractivity contribution is 5.34. The summed E-state index contributed by atoms with van der Waals surface area (Å²) >= 11 is 0. The molecule has 0 saturated heterocycles. The zero-order valence-electron chi connectivity index (χ0n) is 11.5. The van der Waals surface area contributed by atoms with E-state index in [-0.39, 0.29) is 42.5 Å². The molecule has 5 heteroatoms. The molecule has 0 saturated carbocycles. The molecule has 2 nitrogen and oxygen atoms in total. The Kier molecular flexibility index (Phi) is 6.75. The quantitative estimate of drug-likeness (QED) is 0.727. The Bertz CT molecular complexity index is 530. The molecule has 0 aliphatic heterocycles. The van der Waals surface area contributed by atoms with Crippen molar-refractivity contribution in [2.45, 2.75) is 5.92 Å². The molecule has 0 radical (unpaired) electrons. The summed E-state index contributed by atoms with van der Waals surface area (Å²) in [7, 11) is 0. The molecule has 0 fully saturated rings. The van der Waals surface area contributed by atoms with Crippen molar-refractivity contribution in [2.75, 3.05) is 13.2 Å². The fourth-order valence-corrected chi connectivity index (χ4v) is 2.50. The maximum atomic E-state index is 13.4. The molecule has 1 atom stereocenters. The number of hydrogen-bond acceptors (Lipinski definition) is 1. The van der Waals surface area contributed by atoms with Crippen molar-refractivity contribution in [3.63, 3.8) is 0 Å². The minimum absolute atomic E-state index is 0. The predicted octanol–water partition coefficient (Wildman–Crippen LogP) is -1.05. The molecule has 114 valence electrons. The van der Waals surface area contributed by atoms with E-state index in [2.05, 4.69) is 5.73 Å². The lowest BCUT2D eigenvalue weighted by atomic mass is 9.81. The topological polar surface area (TPSA) is 47.9 Å². The summed E-state index contributed by atoms with van der Waals surface area (Å²) in [6.45, 7) is 0.398. The fourth-order valence-electron chi connectivity index (χ4n) is 2.50. The first-order chi connectivity index (χ1) is 9.65. The van der Waals surface area contributed by atoms with Crippen molar-refractivity contribution in [2.24, 2.45) is 5.92 Å². The van der Waals surface area contributed by atoms with Gasteiger partial charge in [-0.15, -0.1) is 0 Å². The molecule has 1 unspecified atom stereocenters. The van der Waals surface area contributed by atoms with Crippen molar-refractivity contribution in [3.8, 4) is 0 Å². The number of aliphatic hydroxyl groups is 1. The van der Waals surface area contributed by atoms with E-state index in [1.165, 1.54) is 24.3 Å². The Morgan fingerprint density at radius 1 is 0.952 bits per heavy atom. The third kappa shape index (κ3) is 4.24. The Morgan fingerprint density at radius 3 is 1.76 bits per heavy atom. The van der Waals surface area contributed by atoms with Gasteiger partial charge in [-0.1, -0.05) is 24.3 Å². The first kappa shape index (κ1) is 17.6. The van der Waals surface area contributed by atoms with Gasteiger partial charge in [0.15, 0.2) is 0 Å². The van der Waals surface area contributed by atoms with E-state index in [9.17, 15) is 13.9 Å². The van der Waals surface area contributed by atoms with E-state index in [4.69, 9.17) is 0 Å². The Hall–Kier alpha value is -1.49. The van der Waals surface area contributed by atoms with Gasteiger partial charge in [0.05, 0.1) is 13.2 Å². The SMILES string of the molecule is [Cl-].[NH3+]CC(CO)C(c1cccc(F)c1)c1cccc(F)c1. The molecule has 4 N–H and O–H groups in total. The molecular weight excluding hydrogens is 296 g/mol. The lowest BCUT2D eigenvalue weighted by Crippen LogP contribution is -3.00. The number of quaternary nitrogens is 1. The van der Waals surface area contributed by atoms with E-state index >= 15 is 0 Å². The minimum atomic E-state index is -0.343. The predicted molar refractivity (Wildman–Crippen MR) is 73.0 cm³/mol. The molecule has 0 amide bonds. The van der Waals surface area contributed by atoms with Gasteiger partial charge in [-0.05, 0) is 35.4 Å². The van der Waals surface area contributed by atoms with Crippen LogP contribution in [0.1, 0.15) is 17.0 Å². The average molecular weight is 314 g/mol. The van der Waals surface area contributed by atoms with Gasteiger partial charge in [-0.2, -0.15) is 0 Å². The van der Waals surface area contributed by atoms with Crippen LogP contribution < -0.4 is 18.1 Å². The second kappa shape index (κ2) is 8.08. The van der Waals surface area contributed by atoms with Crippen LogP contribution in [0.2, 0.25) is 0 Å². The number of aliphatic hydroxyl groups excluding tert-OH is 1. The summed E-state index contributed by atoms with van der Waals surface area (Å²) in [6, 6.07) is 12.4. The number of rotatable bonds is 5. The van der Waals surface area contributed by atoms with Gasteiger partial charge in [0.2, 0.25) is 0 Å². The monoisotopic (exact) mass is 313 g/mol. The van der Waals surface area contributed by atoms with E-state index in [0.717, 1.165) is 11.1 Å². The summed E-state index contributed by atoms with van der Waals surface area (Å²) in [5.74, 6) is -1.14. The standard InChI is InChI=1S/C16H17F2NO.ClH/c17-14-5-1-3-11(7-14)16(13(9-19)10-20)12-4-2-6-15(18)8-12;/h1-8,13,16,20H,9-10,19H2;1H. The number of hydrogen-bond donors (Lipinski definition) is 2. The lowest BCUT2D eigenvalue weighted by molar-refractivity contribution is -0.381. The van der Waals surface area contributed by atoms with Crippen LogP contribution in [0, 0.1) is 17.6 Å². The normalized spacial score (nSPS) is 12.0.